The molecule has 1 aliphatic heterocycles. The normalized spacial score (nSPS) is 16.1. The van der Waals surface area contributed by atoms with Crippen LogP contribution in [0.15, 0.2) is 12.1 Å². The maximum Gasteiger partial charge on any atom is 0.271 e. The molecule has 0 radical (unpaired) electrons. The lowest BCUT2D eigenvalue weighted by molar-refractivity contribution is 0.0943. The molecule has 6 nitrogen and oxygen atoms in total. The van der Waals surface area contributed by atoms with Crippen molar-refractivity contribution in [3.05, 3.63) is 17.8 Å². The molecule has 1 fully saturated rings. The summed E-state index contributed by atoms with van der Waals surface area (Å²) in [7, 11) is 1.76. The molecule has 7 heteroatoms. The number of hydrogen-bond acceptors (Lipinski definition) is 6. The fourth-order valence-electron chi connectivity index (χ4n) is 1.83. The minimum Gasteiger partial charge on any atom is -0.372 e. The summed E-state index contributed by atoms with van der Waals surface area (Å²) in [5.74, 6) is 2.86. The first-order valence-corrected chi connectivity index (χ1v) is 7.55. The summed E-state index contributed by atoms with van der Waals surface area (Å²) in [4.78, 5) is 14.2. The van der Waals surface area contributed by atoms with Gasteiger partial charge in [-0.3, -0.25) is 9.69 Å². The highest BCUT2D eigenvalue weighted by Crippen LogP contribution is 2.08. The molecule has 0 saturated carbocycles. The fraction of sp³-hybridized carbons (Fsp3) is 0.583. The van der Waals surface area contributed by atoms with Crippen LogP contribution >= 0.6 is 11.8 Å². The number of carbonyl (C=O) groups excluding carboxylic acids is 1. The molecule has 1 amide bonds. The van der Waals surface area contributed by atoms with Crippen LogP contribution in [-0.4, -0.2) is 65.7 Å². The highest BCUT2D eigenvalue weighted by molar-refractivity contribution is 7.99. The Morgan fingerprint density at radius 2 is 2.16 bits per heavy atom. The van der Waals surface area contributed by atoms with Gasteiger partial charge in [0.25, 0.3) is 5.91 Å². The minimum absolute atomic E-state index is 0.165. The molecular formula is C12H19N5OS. The Hall–Kier alpha value is -1.34. The van der Waals surface area contributed by atoms with E-state index >= 15 is 0 Å². The lowest BCUT2D eigenvalue weighted by atomic mass is 10.3. The molecule has 2 heterocycles. The van der Waals surface area contributed by atoms with Crippen LogP contribution in [0.3, 0.4) is 0 Å². The zero-order valence-electron chi connectivity index (χ0n) is 11.1. The monoisotopic (exact) mass is 281 g/mol. The van der Waals surface area contributed by atoms with Crippen LogP contribution in [0.1, 0.15) is 10.5 Å². The Morgan fingerprint density at radius 1 is 1.37 bits per heavy atom. The molecule has 0 atom stereocenters. The number of anilines is 1. The molecule has 0 aromatic carbocycles. The molecule has 0 aliphatic carbocycles. The maximum atomic E-state index is 11.8. The number of nitrogens with one attached hydrogen (secondary N) is 2. The van der Waals surface area contributed by atoms with Crippen molar-refractivity contribution in [2.45, 2.75) is 0 Å². The Morgan fingerprint density at radius 3 is 2.79 bits per heavy atom. The fourth-order valence-corrected chi connectivity index (χ4v) is 2.81. The minimum atomic E-state index is -0.165. The topological polar surface area (TPSA) is 70.2 Å². The van der Waals surface area contributed by atoms with Gasteiger partial charge in [-0.1, -0.05) is 0 Å². The number of rotatable bonds is 5. The molecule has 1 aromatic heterocycles. The van der Waals surface area contributed by atoms with Crippen molar-refractivity contribution in [2.24, 2.45) is 0 Å². The van der Waals surface area contributed by atoms with Gasteiger partial charge in [0.05, 0.1) is 0 Å². The lowest BCUT2D eigenvalue weighted by Crippen LogP contribution is -2.39. The van der Waals surface area contributed by atoms with Crippen LogP contribution in [0.5, 0.6) is 0 Å². The van der Waals surface area contributed by atoms with Crippen molar-refractivity contribution >= 4 is 23.5 Å². The van der Waals surface area contributed by atoms with Gasteiger partial charge in [-0.15, -0.1) is 10.2 Å². The average molecular weight is 281 g/mol. The average Bonchev–Trinajstić information content (AvgIpc) is 2.48. The number of aromatic nitrogens is 2. The third kappa shape index (κ3) is 4.36. The van der Waals surface area contributed by atoms with Crippen LogP contribution in [-0.2, 0) is 0 Å². The quantitative estimate of drug-likeness (QED) is 0.809. The van der Waals surface area contributed by atoms with Crippen molar-refractivity contribution in [1.29, 1.82) is 0 Å². The Kier molecular flexibility index (Phi) is 5.41. The van der Waals surface area contributed by atoms with Gasteiger partial charge >= 0.3 is 0 Å². The number of thioether (sulfide) groups is 1. The van der Waals surface area contributed by atoms with Gasteiger partial charge in [-0.25, -0.2) is 0 Å². The maximum absolute atomic E-state index is 11.8. The predicted octanol–water partition coefficient (Wildman–Crippen LogP) is 0.297. The molecule has 1 aliphatic rings. The second-order valence-corrected chi connectivity index (χ2v) is 5.49. The Labute approximate surface area is 117 Å². The second kappa shape index (κ2) is 7.30. The van der Waals surface area contributed by atoms with Crippen molar-refractivity contribution in [3.8, 4) is 0 Å². The summed E-state index contributed by atoms with van der Waals surface area (Å²) in [6.45, 7) is 3.77. The number of hydrogen-bond donors (Lipinski definition) is 2. The van der Waals surface area contributed by atoms with E-state index in [1.54, 1.807) is 19.2 Å². The van der Waals surface area contributed by atoms with Crippen LogP contribution in [0.2, 0.25) is 0 Å². The van der Waals surface area contributed by atoms with Crippen molar-refractivity contribution < 1.29 is 4.79 Å². The van der Waals surface area contributed by atoms with Gasteiger partial charge in [0.1, 0.15) is 5.82 Å². The summed E-state index contributed by atoms with van der Waals surface area (Å²) >= 11 is 1.99. The number of carbonyl (C=O) groups is 1. The second-order valence-electron chi connectivity index (χ2n) is 4.26. The van der Waals surface area contributed by atoms with Gasteiger partial charge in [-0.2, -0.15) is 11.8 Å². The third-order valence-electron chi connectivity index (χ3n) is 2.97. The van der Waals surface area contributed by atoms with E-state index in [1.165, 1.54) is 11.5 Å². The van der Waals surface area contributed by atoms with Gasteiger partial charge in [0.15, 0.2) is 5.69 Å². The number of amides is 1. The summed E-state index contributed by atoms with van der Waals surface area (Å²) in [6, 6.07) is 3.41. The van der Waals surface area contributed by atoms with E-state index in [2.05, 4.69) is 25.7 Å². The van der Waals surface area contributed by atoms with E-state index in [0.29, 0.717) is 18.1 Å². The van der Waals surface area contributed by atoms with Crippen molar-refractivity contribution in [1.82, 2.24) is 20.4 Å². The van der Waals surface area contributed by atoms with Crippen LogP contribution in [0.4, 0.5) is 5.82 Å². The van der Waals surface area contributed by atoms with E-state index in [4.69, 9.17) is 0 Å². The smallest absolute Gasteiger partial charge is 0.271 e. The first-order chi connectivity index (χ1) is 9.29. The first kappa shape index (κ1) is 14.1. The molecule has 0 unspecified atom stereocenters. The molecule has 19 heavy (non-hydrogen) atoms. The van der Waals surface area contributed by atoms with Crippen LogP contribution < -0.4 is 10.6 Å². The molecular weight excluding hydrogens is 262 g/mol. The molecule has 1 saturated heterocycles. The van der Waals surface area contributed by atoms with E-state index in [9.17, 15) is 4.79 Å². The Balaban J connectivity index is 1.73. The predicted molar refractivity (Wildman–Crippen MR) is 77.7 cm³/mol. The largest absolute Gasteiger partial charge is 0.372 e. The SMILES string of the molecule is CNc1ccc(C(=O)NCCN2CCSCC2)nn1. The molecule has 0 bridgehead atoms. The van der Waals surface area contributed by atoms with Gasteiger partial charge in [0, 0.05) is 44.7 Å². The first-order valence-electron chi connectivity index (χ1n) is 6.39. The summed E-state index contributed by atoms with van der Waals surface area (Å²) in [5.41, 5.74) is 0.355. The van der Waals surface area contributed by atoms with Gasteiger partial charge in [-0.05, 0) is 12.1 Å². The lowest BCUT2D eigenvalue weighted by Gasteiger charge is -2.25. The highest BCUT2D eigenvalue weighted by Gasteiger charge is 2.11. The van der Waals surface area contributed by atoms with E-state index in [0.717, 1.165) is 19.6 Å². The van der Waals surface area contributed by atoms with Crippen molar-refractivity contribution in [3.63, 3.8) is 0 Å². The van der Waals surface area contributed by atoms with Gasteiger partial charge in [0.2, 0.25) is 0 Å². The zero-order chi connectivity index (χ0) is 13.5. The summed E-state index contributed by atoms with van der Waals surface area (Å²) in [6.07, 6.45) is 0. The summed E-state index contributed by atoms with van der Waals surface area (Å²) < 4.78 is 0. The summed E-state index contributed by atoms with van der Waals surface area (Å²) in [5, 5.41) is 13.5. The van der Waals surface area contributed by atoms with E-state index in [1.807, 2.05) is 11.8 Å². The molecule has 104 valence electrons. The highest BCUT2D eigenvalue weighted by atomic mass is 32.2. The van der Waals surface area contributed by atoms with Crippen LogP contribution in [0, 0.1) is 0 Å². The van der Waals surface area contributed by atoms with Crippen LogP contribution in [0.25, 0.3) is 0 Å². The van der Waals surface area contributed by atoms with Crippen molar-refractivity contribution in [2.75, 3.05) is 50.0 Å². The van der Waals surface area contributed by atoms with Gasteiger partial charge < -0.3 is 10.6 Å². The Bertz CT molecular complexity index is 405. The number of nitrogens with zero attached hydrogens (tertiary/aromatic N) is 3. The zero-order valence-corrected chi connectivity index (χ0v) is 11.9. The molecule has 2 N–H and O–H groups in total. The van der Waals surface area contributed by atoms with E-state index < -0.39 is 0 Å². The molecule has 0 spiro atoms. The molecule has 1 aromatic rings. The molecule has 2 rings (SSSR count). The van der Waals surface area contributed by atoms with E-state index in [-0.39, 0.29) is 5.91 Å². The third-order valence-corrected chi connectivity index (χ3v) is 3.91. The standard InChI is InChI=1S/C12H19N5OS/c1-13-11-3-2-10(15-16-11)12(18)14-4-5-17-6-8-19-9-7-17/h2-3H,4-9H2,1H3,(H,13,16)(H,14,18).